The van der Waals surface area contributed by atoms with Crippen molar-refractivity contribution in [3.63, 3.8) is 0 Å². The maximum absolute atomic E-state index is 5.93. The van der Waals surface area contributed by atoms with E-state index in [2.05, 4.69) is 37.4 Å². The predicted octanol–water partition coefficient (Wildman–Crippen LogP) is 3.34. The molecule has 0 radical (unpaired) electrons. The fourth-order valence-corrected chi connectivity index (χ4v) is 3.24. The van der Waals surface area contributed by atoms with Gasteiger partial charge in [-0.05, 0) is 37.8 Å². The molecule has 0 aromatic heterocycles. The molecule has 3 heteroatoms. The van der Waals surface area contributed by atoms with E-state index in [-0.39, 0.29) is 5.54 Å². The molecule has 20 heavy (non-hydrogen) atoms. The quantitative estimate of drug-likeness (QED) is 0.775. The van der Waals surface area contributed by atoms with Crippen LogP contribution in [0.1, 0.15) is 38.7 Å². The Bertz CT molecular complexity index is 411. The second-order valence-corrected chi connectivity index (χ2v) is 6.05. The van der Waals surface area contributed by atoms with Crippen LogP contribution in [0.25, 0.3) is 0 Å². The van der Waals surface area contributed by atoms with Crippen molar-refractivity contribution in [1.82, 2.24) is 5.32 Å². The predicted molar refractivity (Wildman–Crippen MR) is 82.2 cm³/mol. The number of para-hydroxylation sites is 1. The molecule has 112 valence electrons. The van der Waals surface area contributed by atoms with Crippen LogP contribution >= 0.6 is 0 Å². The average molecular weight is 277 g/mol. The van der Waals surface area contributed by atoms with Crippen molar-refractivity contribution in [3.8, 4) is 5.75 Å². The van der Waals surface area contributed by atoms with Crippen molar-refractivity contribution in [2.24, 2.45) is 5.92 Å². The Morgan fingerprint density at radius 1 is 1.25 bits per heavy atom. The van der Waals surface area contributed by atoms with E-state index < -0.39 is 0 Å². The molecule has 1 aliphatic heterocycles. The zero-order valence-electron chi connectivity index (χ0n) is 12.9. The third-order valence-electron chi connectivity index (χ3n) is 3.95. The summed E-state index contributed by atoms with van der Waals surface area (Å²) in [6.45, 7) is 6.90. The number of hydrogen-bond acceptors (Lipinski definition) is 3. The number of benzene rings is 1. The first kappa shape index (κ1) is 15.3. The summed E-state index contributed by atoms with van der Waals surface area (Å²) < 4.78 is 11.0. The maximum atomic E-state index is 5.93. The van der Waals surface area contributed by atoms with Gasteiger partial charge in [-0.2, -0.15) is 0 Å². The Kier molecular flexibility index (Phi) is 5.44. The zero-order chi connectivity index (χ0) is 14.4. The van der Waals surface area contributed by atoms with Gasteiger partial charge >= 0.3 is 0 Å². The summed E-state index contributed by atoms with van der Waals surface area (Å²) in [7, 11) is 1.70. The van der Waals surface area contributed by atoms with Crippen molar-refractivity contribution in [2.75, 3.05) is 26.9 Å². The number of methoxy groups -OCH3 is 1. The van der Waals surface area contributed by atoms with E-state index in [1.54, 1.807) is 7.11 Å². The van der Waals surface area contributed by atoms with E-state index in [0.29, 0.717) is 19.1 Å². The third-order valence-corrected chi connectivity index (χ3v) is 3.95. The molecule has 3 nitrogen and oxygen atoms in total. The van der Waals surface area contributed by atoms with Gasteiger partial charge in [0.05, 0.1) is 6.61 Å². The van der Waals surface area contributed by atoms with E-state index in [9.17, 15) is 0 Å². The molecule has 0 amide bonds. The third kappa shape index (κ3) is 3.53. The van der Waals surface area contributed by atoms with Gasteiger partial charge in [0, 0.05) is 18.2 Å². The molecule has 1 saturated heterocycles. The summed E-state index contributed by atoms with van der Waals surface area (Å²) in [5.41, 5.74) is 1.39. The standard InChI is InChI=1S/C17H27NO2/c1-14(2)13-17(9-6-10-18-17)15-7-4-5-8-16(15)20-12-11-19-3/h4-5,7-8,14,18H,6,9-13H2,1-3H3. The van der Waals surface area contributed by atoms with Crippen molar-refractivity contribution >= 4 is 0 Å². The molecule has 0 aliphatic carbocycles. The first-order chi connectivity index (χ1) is 9.68. The maximum Gasteiger partial charge on any atom is 0.124 e. The fourth-order valence-electron chi connectivity index (χ4n) is 3.24. The second kappa shape index (κ2) is 7.09. The summed E-state index contributed by atoms with van der Waals surface area (Å²) >= 11 is 0. The lowest BCUT2D eigenvalue weighted by atomic mass is 9.81. The molecule has 1 aromatic carbocycles. The van der Waals surface area contributed by atoms with Crippen molar-refractivity contribution in [2.45, 2.75) is 38.6 Å². The van der Waals surface area contributed by atoms with E-state index in [4.69, 9.17) is 9.47 Å². The highest BCUT2D eigenvalue weighted by Crippen LogP contribution is 2.41. The average Bonchev–Trinajstić information content (AvgIpc) is 2.88. The van der Waals surface area contributed by atoms with Gasteiger partial charge in [-0.3, -0.25) is 0 Å². The monoisotopic (exact) mass is 277 g/mol. The Hall–Kier alpha value is -1.06. The molecular weight excluding hydrogens is 250 g/mol. The second-order valence-electron chi connectivity index (χ2n) is 6.05. The molecule has 1 N–H and O–H groups in total. The summed E-state index contributed by atoms with van der Waals surface area (Å²) in [5, 5.41) is 3.74. The van der Waals surface area contributed by atoms with E-state index >= 15 is 0 Å². The van der Waals surface area contributed by atoms with Gasteiger partial charge < -0.3 is 14.8 Å². The lowest BCUT2D eigenvalue weighted by molar-refractivity contribution is 0.144. The van der Waals surface area contributed by atoms with Crippen LogP contribution in [0.3, 0.4) is 0 Å². The van der Waals surface area contributed by atoms with Gasteiger partial charge in [0.2, 0.25) is 0 Å². The number of rotatable bonds is 7. The largest absolute Gasteiger partial charge is 0.491 e. The molecule has 1 fully saturated rings. The smallest absolute Gasteiger partial charge is 0.124 e. The Morgan fingerprint density at radius 3 is 2.70 bits per heavy atom. The lowest BCUT2D eigenvalue weighted by Crippen LogP contribution is -2.38. The number of hydrogen-bond donors (Lipinski definition) is 1. The first-order valence-electron chi connectivity index (χ1n) is 7.64. The number of ether oxygens (including phenoxy) is 2. The minimum absolute atomic E-state index is 0.0812. The van der Waals surface area contributed by atoms with Crippen molar-refractivity contribution in [1.29, 1.82) is 0 Å². The molecular formula is C17H27NO2. The summed E-state index contributed by atoms with van der Waals surface area (Å²) in [4.78, 5) is 0. The highest BCUT2D eigenvalue weighted by atomic mass is 16.5. The molecule has 0 saturated carbocycles. The molecule has 1 atom stereocenters. The van der Waals surface area contributed by atoms with E-state index in [1.165, 1.54) is 18.4 Å². The Labute approximate surface area is 122 Å². The van der Waals surface area contributed by atoms with Gasteiger partial charge in [0.25, 0.3) is 0 Å². The molecule has 2 rings (SSSR count). The lowest BCUT2D eigenvalue weighted by Gasteiger charge is -2.33. The topological polar surface area (TPSA) is 30.5 Å². The van der Waals surface area contributed by atoms with E-state index in [0.717, 1.165) is 18.7 Å². The molecule has 0 bridgehead atoms. The summed E-state index contributed by atoms with van der Waals surface area (Å²) in [6.07, 6.45) is 3.58. The van der Waals surface area contributed by atoms with Gasteiger partial charge in [0.1, 0.15) is 12.4 Å². The van der Waals surface area contributed by atoms with Gasteiger partial charge in [-0.25, -0.2) is 0 Å². The van der Waals surface area contributed by atoms with Crippen LogP contribution in [0, 0.1) is 5.92 Å². The highest BCUT2D eigenvalue weighted by molar-refractivity contribution is 5.40. The number of nitrogens with one attached hydrogen (secondary N) is 1. The van der Waals surface area contributed by atoms with Crippen LogP contribution in [-0.2, 0) is 10.3 Å². The van der Waals surface area contributed by atoms with Crippen LogP contribution < -0.4 is 10.1 Å². The van der Waals surface area contributed by atoms with Crippen molar-refractivity contribution < 1.29 is 9.47 Å². The zero-order valence-corrected chi connectivity index (χ0v) is 12.9. The van der Waals surface area contributed by atoms with Crippen LogP contribution in [0.2, 0.25) is 0 Å². The van der Waals surface area contributed by atoms with Crippen LogP contribution in [0.4, 0.5) is 0 Å². The van der Waals surface area contributed by atoms with Crippen molar-refractivity contribution in [3.05, 3.63) is 29.8 Å². The summed E-state index contributed by atoms with van der Waals surface area (Å²) in [5.74, 6) is 1.66. The molecule has 1 aliphatic rings. The van der Waals surface area contributed by atoms with Crippen LogP contribution in [-0.4, -0.2) is 26.9 Å². The van der Waals surface area contributed by atoms with Gasteiger partial charge in [-0.15, -0.1) is 0 Å². The highest BCUT2D eigenvalue weighted by Gasteiger charge is 2.37. The molecule has 0 spiro atoms. The molecule has 1 heterocycles. The van der Waals surface area contributed by atoms with E-state index in [1.807, 2.05) is 6.07 Å². The minimum atomic E-state index is 0.0812. The van der Waals surface area contributed by atoms with Crippen LogP contribution in [0.15, 0.2) is 24.3 Å². The Balaban J connectivity index is 2.24. The minimum Gasteiger partial charge on any atom is -0.491 e. The molecule has 1 aromatic rings. The van der Waals surface area contributed by atoms with Crippen LogP contribution in [0.5, 0.6) is 5.75 Å². The first-order valence-corrected chi connectivity index (χ1v) is 7.64. The molecule has 1 unspecified atom stereocenters. The van der Waals surface area contributed by atoms with Gasteiger partial charge in [-0.1, -0.05) is 32.0 Å². The summed E-state index contributed by atoms with van der Waals surface area (Å²) in [6, 6.07) is 8.44. The van der Waals surface area contributed by atoms with Gasteiger partial charge in [0.15, 0.2) is 0 Å². The normalized spacial score (nSPS) is 22.4. The fraction of sp³-hybridized carbons (Fsp3) is 0.647. The Morgan fingerprint density at radius 2 is 2.05 bits per heavy atom. The SMILES string of the molecule is COCCOc1ccccc1C1(CC(C)C)CCCN1.